The second kappa shape index (κ2) is 7.02. The van der Waals surface area contributed by atoms with Gasteiger partial charge in [0, 0.05) is 5.41 Å². The highest BCUT2D eigenvalue weighted by Crippen LogP contribution is 2.74. The van der Waals surface area contributed by atoms with Crippen LogP contribution in [0.4, 0.5) is 0 Å². The summed E-state index contributed by atoms with van der Waals surface area (Å²) in [6.07, 6.45) is 5.16. The second-order valence-electron chi connectivity index (χ2n) is 12.1. The fraction of sp³-hybridized carbons (Fsp3) is 0.920. The Balaban J connectivity index is 1.72. The Morgan fingerprint density at radius 1 is 1.17 bits per heavy atom. The molecule has 172 valence electrons. The molecule has 0 radical (unpaired) electrons. The van der Waals surface area contributed by atoms with Gasteiger partial charge >= 0.3 is 0 Å². The lowest BCUT2D eigenvalue weighted by molar-refractivity contribution is -0.148. The van der Waals surface area contributed by atoms with Crippen molar-refractivity contribution in [1.29, 1.82) is 0 Å². The zero-order valence-corrected chi connectivity index (χ0v) is 19.3. The fourth-order valence-electron chi connectivity index (χ4n) is 8.78. The molecule has 3 saturated carbocycles. The van der Waals surface area contributed by atoms with E-state index < -0.39 is 24.4 Å². The Labute approximate surface area is 181 Å². The molecule has 5 heteroatoms. The third-order valence-corrected chi connectivity index (χ3v) is 10.1. The average molecular weight is 423 g/mol. The lowest BCUT2D eigenvalue weighted by Gasteiger charge is -2.55. The number of rotatable bonds is 5. The van der Waals surface area contributed by atoms with Crippen molar-refractivity contribution in [2.24, 2.45) is 39.9 Å². The Morgan fingerprint density at radius 2 is 1.83 bits per heavy atom. The van der Waals surface area contributed by atoms with Crippen LogP contribution in [-0.2, 0) is 0 Å². The summed E-state index contributed by atoms with van der Waals surface area (Å²) >= 11 is 0. The minimum atomic E-state index is -1.72. The lowest BCUT2D eigenvalue weighted by atomic mass is 9.49. The van der Waals surface area contributed by atoms with E-state index in [1.54, 1.807) is 0 Å². The number of fused-ring (bicyclic) bond motifs is 2. The molecule has 0 aromatic carbocycles. The van der Waals surface area contributed by atoms with Crippen LogP contribution in [0.3, 0.4) is 0 Å². The maximum absolute atomic E-state index is 11.3. The monoisotopic (exact) mass is 422 g/mol. The summed E-state index contributed by atoms with van der Waals surface area (Å²) in [5.41, 5.74) is -0.551. The van der Waals surface area contributed by atoms with Crippen molar-refractivity contribution in [2.45, 2.75) is 97.1 Å². The molecule has 0 bridgehead atoms. The van der Waals surface area contributed by atoms with Crippen molar-refractivity contribution >= 4 is 0 Å². The largest absolute Gasteiger partial charge is 0.393 e. The molecule has 30 heavy (non-hydrogen) atoms. The summed E-state index contributed by atoms with van der Waals surface area (Å²) in [5.74, 6) is 1.57. The first-order valence-corrected chi connectivity index (χ1v) is 11.9. The van der Waals surface area contributed by atoms with E-state index >= 15 is 0 Å². The van der Waals surface area contributed by atoms with Crippen LogP contribution < -0.4 is 0 Å². The summed E-state index contributed by atoms with van der Waals surface area (Å²) in [6.45, 7) is 9.92. The molecule has 0 amide bonds. The first-order chi connectivity index (χ1) is 13.8. The lowest BCUT2D eigenvalue weighted by Crippen LogP contribution is -2.54. The van der Waals surface area contributed by atoms with E-state index in [2.05, 4.69) is 33.8 Å². The minimum absolute atomic E-state index is 0.0325. The second-order valence-corrected chi connectivity index (χ2v) is 12.1. The number of hydrogen-bond donors (Lipinski definition) is 5. The maximum Gasteiger partial charge on any atom is 0.113 e. The smallest absolute Gasteiger partial charge is 0.113 e. The van der Waals surface area contributed by atoms with Gasteiger partial charge in [0.1, 0.15) is 11.7 Å². The topological polar surface area (TPSA) is 101 Å². The van der Waals surface area contributed by atoms with E-state index in [1.165, 1.54) is 12.5 Å². The molecule has 11 unspecified atom stereocenters. The normalized spacial score (nSPS) is 51.5. The molecule has 0 saturated heterocycles. The Morgan fingerprint density at radius 3 is 2.47 bits per heavy atom. The zero-order valence-electron chi connectivity index (χ0n) is 19.3. The molecule has 1 spiro atoms. The van der Waals surface area contributed by atoms with E-state index in [0.717, 1.165) is 32.1 Å². The van der Waals surface area contributed by atoms with Crippen molar-refractivity contribution in [3.05, 3.63) is 11.6 Å². The fourth-order valence-corrected chi connectivity index (χ4v) is 8.78. The minimum Gasteiger partial charge on any atom is -0.393 e. The summed E-state index contributed by atoms with van der Waals surface area (Å²) in [5, 5.41) is 52.4. The molecule has 4 rings (SSSR count). The molecule has 0 aromatic rings. The summed E-state index contributed by atoms with van der Waals surface area (Å²) in [6, 6.07) is 0. The molecule has 4 aliphatic carbocycles. The van der Waals surface area contributed by atoms with E-state index in [4.69, 9.17) is 0 Å². The summed E-state index contributed by atoms with van der Waals surface area (Å²) in [7, 11) is 0. The predicted octanol–water partition coefficient (Wildman–Crippen LogP) is 2.64. The Hall–Kier alpha value is -0.460. The number of aliphatic hydroxyl groups excluding tert-OH is 4. The molecular formula is C25H42O5. The third-order valence-electron chi connectivity index (χ3n) is 10.1. The van der Waals surface area contributed by atoms with Gasteiger partial charge in [-0.25, -0.2) is 0 Å². The number of aliphatic hydroxyl groups is 5. The van der Waals surface area contributed by atoms with Crippen molar-refractivity contribution < 1.29 is 25.5 Å². The molecular weight excluding hydrogens is 380 g/mol. The Bertz CT molecular complexity index is 718. The van der Waals surface area contributed by atoms with Gasteiger partial charge in [-0.3, -0.25) is 0 Å². The van der Waals surface area contributed by atoms with Gasteiger partial charge in [0.15, 0.2) is 0 Å². The van der Waals surface area contributed by atoms with Gasteiger partial charge in [-0.1, -0.05) is 39.3 Å². The van der Waals surface area contributed by atoms with E-state index in [1.807, 2.05) is 0 Å². The van der Waals surface area contributed by atoms with Crippen LogP contribution in [0.1, 0.15) is 73.1 Å². The molecule has 5 N–H and O–H groups in total. The summed E-state index contributed by atoms with van der Waals surface area (Å²) < 4.78 is 0. The van der Waals surface area contributed by atoms with Gasteiger partial charge < -0.3 is 25.5 Å². The zero-order chi connectivity index (χ0) is 22.3. The number of hydrogen-bond acceptors (Lipinski definition) is 5. The van der Waals surface area contributed by atoms with Gasteiger partial charge in [0.25, 0.3) is 0 Å². The quantitative estimate of drug-likeness (QED) is 0.439. The van der Waals surface area contributed by atoms with Gasteiger partial charge in [-0.15, -0.1) is 0 Å². The van der Waals surface area contributed by atoms with Crippen LogP contribution >= 0.6 is 0 Å². The van der Waals surface area contributed by atoms with Gasteiger partial charge in [0.05, 0.1) is 18.8 Å². The third kappa shape index (κ3) is 2.85. The summed E-state index contributed by atoms with van der Waals surface area (Å²) in [4.78, 5) is 0. The van der Waals surface area contributed by atoms with Gasteiger partial charge in [-0.2, -0.15) is 0 Å². The van der Waals surface area contributed by atoms with Crippen molar-refractivity contribution in [3.8, 4) is 0 Å². The Kier molecular flexibility index (Phi) is 5.32. The van der Waals surface area contributed by atoms with Crippen LogP contribution in [0.15, 0.2) is 11.6 Å². The van der Waals surface area contributed by atoms with Crippen LogP contribution in [-0.4, -0.2) is 56.1 Å². The maximum atomic E-state index is 11.3. The first-order valence-electron chi connectivity index (χ1n) is 11.9. The molecule has 0 aromatic heterocycles. The molecule has 0 heterocycles. The van der Waals surface area contributed by atoms with E-state index in [9.17, 15) is 25.5 Å². The van der Waals surface area contributed by atoms with Crippen molar-refractivity contribution in [3.63, 3.8) is 0 Å². The standard InChI is InChI=1S/C25H42O5/c1-14-10-19(28)25-15(2)6-7-16(25)20-22(3,11-17(14)25)8-9-23(20,4)12-18(27)21(29)24(5,30)13-26/h11,14-16,18-21,26-30H,6-10,12-13H2,1-5H3. The van der Waals surface area contributed by atoms with Crippen LogP contribution in [0, 0.1) is 39.9 Å². The number of allylic oxidation sites excluding steroid dienone is 1. The average Bonchev–Trinajstić information content (AvgIpc) is 3.23. The highest BCUT2D eigenvalue weighted by molar-refractivity contribution is 5.38. The highest BCUT2D eigenvalue weighted by atomic mass is 16.4. The van der Waals surface area contributed by atoms with Crippen molar-refractivity contribution in [2.75, 3.05) is 6.61 Å². The van der Waals surface area contributed by atoms with Gasteiger partial charge in [-0.05, 0) is 80.0 Å². The van der Waals surface area contributed by atoms with Crippen molar-refractivity contribution in [1.82, 2.24) is 0 Å². The van der Waals surface area contributed by atoms with E-state index in [0.29, 0.717) is 30.1 Å². The molecule has 0 aliphatic heterocycles. The van der Waals surface area contributed by atoms with Crippen LogP contribution in [0.25, 0.3) is 0 Å². The first kappa shape index (κ1) is 22.7. The molecule has 5 nitrogen and oxygen atoms in total. The molecule has 4 aliphatic rings. The van der Waals surface area contributed by atoms with Crippen LogP contribution in [0.2, 0.25) is 0 Å². The molecule has 11 atom stereocenters. The van der Waals surface area contributed by atoms with Gasteiger partial charge in [0.2, 0.25) is 0 Å². The van der Waals surface area contributed by atoms with Crippen LogP contribution in [0.5, 0.6) is 0 Å². The highest BCUT2D eigenvalue weighted by Gasteiger charge is 2.69. The SMILES string of the molecule is CC1CC(O)C23C1=CC1(C)CCC(C)(CC(O)C(O)C(C)(O)CO)C1C2CCC3C. The van der Waals surface area contributed by atoms with E-state index in [-0.39, 0.29) is 22.3 Å². The molecule has 3 fully saturated rings. The predicted molar refractivity (Wildman–Crippen MR) is 115 cm³/mol.